The van der Waals surface area contributed by atoms with E-state index in [9.17, 15) is 0 Å². The molecule has 0 radical (unpaired) electrons. The quantitative estimate of drug-likeness (QED) is 0.631. The number of fused-ring (bicyclic) bond motifs is 2. The number of benzene rings is 2. The van der Waals surface area contributed by atoms with Crippen molar-refractivity contribution in [3.8, 4) is 28.7 Å². The normalized spacial score (nSPS) is 21.5. The molecule has 1 heterocycles. The monoisotopic (exact) mass is 430 g/mol. The average Bonchev–Trinajstić information content (AvgIpc) is 3.21. The second kappa shape index (κ2) is 9.24. The van der Waals surface area contributed by atoms with Crippen molar-refractivity contribution < 1.29 is 33.2 Å². The van der Waals surface area contributed by atoms with Crippen LogP contribution in [-0.2, 0) is 22.3 Å². The highest BCUT2D eigenvalue weighted by atomic mass is 16.7. The maximum absolute atomic E-state index is 6.22. The van der Waals surface area contributed by atoms with E-state index < -0.39 is 6.29 Å². The van der Waals surface area contributed by atoms with Gasteiger partial charge in [0.15, 0.2) is 23.0 Å². The van der Waals surface area contributed by atoms with Crippen molar-refractivity contribution >= 4 is 0 Å². The fraction of sp³-hybridized carbons (Fsp3) is 0.500. The summed E-state index contributed by atoms with van der Waals surface area (Å²) in [5, 5.41) is 0. The molecular formula is C24H30O7. The van der Waals surface area contributed by atoms with E-state index in [1.54, 1.807) is 35.5 Å². The number of hydrogen-bond acceptors (Lipinski definition) is 7. The molecule has 2 aromatic rings. The minimum Gasteiger partial charge on any atom is -0.493 e. The number of methoxy groups -OCH3 is 5. The molecule has 0 N–H and O–H groups in total. The zero-order valence-electron chi connectivity index (χ0n) is 18.7. The van der Waals surface area contributed by atoms with Gasteiger partial charge >= 0.3 is 0 Å². The fourth-order valence-electron chi connectivity index (χ4n) is 4.60. The molecule has 0 saturated heterocycles. The fourth-order valence-corrected chi connectivity index (χ4v) is 4.60. The third-order valence-electron chi connectivity index (χ3n) is 6.12. The first-order valence-corrected chi connectivity index (χ1v) is 10.4. The number of rotatable bonds is 8. The second-order valence-corrected chi connectivity index (χ2v) is 7.90. The predicted octanol–water partition coefficient (Wildman–Crippen LogP) is 3.81. The Morgan fingerprint density at radius 3 is 2.16 bits per heavy atom. The van der Waals surface area contributed by atoms with Gasteiger partial charge in [0.05, 0.1) is 21.3 Å². The lowest BCUT2D eigenvalue weighted by atomic mass is 9.76. The summed E-state index contributed by atoms with van der Waals surface area (Å²) < 4.78 is 39.9. The maximum atomic E-state index is 6.22. The zero-order chi connectivity index (χ0) is 22.0. The van der Waals surface area contributed by atoms with E-state index in [1.165, 1.54) is 5.56 Å². The van der Waals surface area contributed by atoms with Crippen molar-refractivity contribution in [1.29, 1.82) is 0 Å². The van der Waals surface area contributed by atoms with Crippen LogP contribution in [0.5, 0.6) is 28.7 Å². The molecule has 3 unspecified atom stereocenters. The first-order valence-electron chi connectivity index (χ1n) is 10.4. The SMILES string of the molecule is COCC1Cc2cc3c(c(OC)c2CC1COC)OC(c1ccc(OC)c(OC)c1)O3. The molecule has 0 bridgehead atoms. The van der Waals surface area contributed by atoms with Crippen LogP contribution in [0.4, 0.5) is 0 Å². The van der Waals surface area contributed by atoms with E-state index in [4.69, 9.17) is 33.2 Å². The van der Waals surface area contributed by atoms with Crippen molar-refractivity contribution in [1.82, 2.24) is 0 Å². The van der Waals surface area contributed by atoms with Crippen molar-refractivity contribution in [2.75, 3.05) is 48.8 Å². The number of hydrogen-bond donors (Lipinski definition) is 0. The summed E-state index contributed by atoms with van der Waals surface area (Å²) in [6, 6.07) is 7.70. The predicted molar refractivity (Wildman–Crippen MR) is 115 cm³/mol. The van der Waals surface area contributed by atoms with E-state index >= 15 is 0 Å². The van der Waals surface area contributed by atoms with Crippen LogP contribution in [0.25, 0.3) is 0 Å². The minimum absolute atomic E-state index is 0.355. The van der Waals surface area contributed by atoms with Crippen LogP contribution in [-0.4, -0.2) is 48.8 Å². The molecule has 0 spiro atoms. The first-order chi connectivity index (χ1) is 15.1. The zero-order valence-corrected chi connectivity index (χ0v) is 18.7. The van der Waals surface area contributed by atoms with Gasteiger partial charge in [0.25, 0.3) is 6.29 Å². The van der Waals surface area contributed by atoms with Gasteiger partial charge in [-0.15, -0.1) is 0 Å². The summed E-state index contributed by atoms with van der Waals surface area (Å²) in [7, 11) is 8.38. The van der Waals surface area contributed by atoms with E-state index in [0.29, 0.717) is 48.0 Å². The van der Waals surface area contributed by atoms with Crippen LogP contribution in [0.2, 0.25) is 0 Å². The Morgan fingerprint density at radius 2 is 1.52 bits per heavy atom. The van der Waals surface area contributed by atoms with Crippen LogP contribution in [0.15, 0.2) is 24.3 Å². The van der Waals surface area contributed by atoms with Gasteiger partial charge < -0.3 is 33.2 Å². The molecule has 0 saturated carbocycles. The van der Waals surface area contributed by atoms with E-state index in [2.05, 4.69) is 6.07 Å². The lowest BCUT2D eigenvalue weighted by Crippen LogP contribution is -2.32. The molecule has 31 heavy (non-hydrogen) atoms. The summed E-state index contributed by atoms with van der Waals surface area (Å²) in [6.45, 7) is 1.37. The molecule has 7 nitrogen and oxygen atoms in total. The molecule has 0 amide bonds. The van der Waals surface area contributed by atoms with Gasteiger partial charge in [-0.25, -0.2) is 0 Å². The van der Waals surface area contributed by atoms with Crippen LogP contribution >= 0.6 is 0 Å². The summed E-state index contributed by atoms with van der Waals surface area (Å²) in [4.78, 5) is 0. The highest BCUT2D eigenvalue weighted by Gasteiger charge is 2.37. The van der Waals surface area contributed by atoms with E-state index in [0.717, 1.165) is 29.7 Å². The first kappa shape index (κ1) is 21.6. The van der Waals surface area contributed by atoms with Gasteiger partial charge in [-0.05, 0) is 54.5 Å². The maximum Gasteiger partial charge on any atom is 0.268 e. The lowest BCUT2D eigenvalue weighted by molar-refractivity contribution is 0.0471. The Kier molecular flexibility index (Phi) is 6.43. The van der Waals surface area contributed by atoms with Crippen LogP contribution < -0.4 is 23.7 Å². The largest absolute Gasteiger partial charge is 0.493 e. The topological polar surface area (TPSA) is 64.6 Å². The van der Waals surface area contributed by atoms with E-state index in [-0.39, 0.29) is 0 Å². The van der Waals surface area contributed by atoms with Crippen LogP contribution in [0.3, 0.4) is 0 Å². The molecule has 168 valence electrons. The van der Waals surface area contributed by atoms with Gasteiger partial charge in [0.2, 0.25) is 5.75 Å². The molecule has 0 aromatic heterocycles. The summed E-state index contributed by atoms with van der Waals surface area (Å²) in [5.41, 5.74) is 3.21. The van der Waals surface area contributed by atoms with Crippen molar-refractivity contribution in [2.45, 2.75) is 19.1 Å². The van der Waals surface area contributed by atoms with Crippen LogP contribution in [0.1, 0.15) is 23.0 Å². The number of ether oxygens (including phenoxy) is 7. The molecule has 0 fully saturated rings. The highest BCUT2D eigenvalue weighted by molar-refractivity contribution is 5.61. The smallest absolute Gasteiger partial charge is 0.268 e. The summed E-state index contributed by atoms with van der Waals surface area (Å²) in [6.07, 6.45) is 1.14. The van der Waals surface area contributed by atoms with E-state index in [1.807, 2.05) is 18.2 Å². The molecule has 1 aliphatic carbocycles. The third kappa shape index (κ3) is 4.00. The molecule has 2 aromatic carbocycles. The summed E-state index contributed by atoms with van der Waals surface area (Å²) >= 11 is 0. The Hall–Kier alpha value is -2.64. The van der Waals surface area contributed by atoms with Gasteiger partial charge in [-0.1, -0.05) is 0 Å². The van der Waals surface area contributed by atoms with Gasteiger partial charge in [-0.2, -0.15) is 0 Å². The molecule has 3 atom stereocenters. The molecule has 7 heteroatoms. The Labute approximate surface area is 183 Å². The van der Waals surface area contributed by atoms with Crippen molar-refractivity contribution in [3.05, 3.63) is 41.0 Å². The Bertz CT molecular complexity index is 927. The summed E-state index contributed by atoms with van der Waals surface area (Å²) in [5.74, 6) is 4.09. The Morgan fingerprint density at radius 1 is 0.806 bits per heavy atom. The Balaban J connectivity index is 1.66. The molecule has 4 rings (SSSR count). The average molecular weight is 430 g/mol. The lowest BCUT2D eigenvalue weighted by Gasteiger charge is -2.33. The molecule has 1 aliphatic heterocycles. The van der Waals surface area contributed by atoms with Gasteiger partial charge in [-0.3, -0.25) is 0 Å². The third-order valence-corrected chi connectivity index (χ3v) is 6.12. The minimum atomic E-state index is -0.586. The van der Waals surface area contributed by atoms with Crippen molar-refractivity contribution in [3.63, 3.8) is 0 Å². The molecule has 2 aliphatic rings. The van der Waals surface area contributed by atoms with Gasteiger partial charge in [0.1, 0.15) is 0 Å². The van der Waals surface area contributed by atoms with Crippen LogP contribution in [0, 0.1) is 11.8 Å². The highest BCUT2D eigenvalue weighted by Crippen LogP contribution is 2.52. The second-order valence-electron chi connectivity index (χ2n) is 7.90. The van der Waals surface area contributed by atoms with Gasteiger partial charge in [0, 0.05) is 38.6 Å². The molecular weight excluding hydrogens is 400 g/mol. The van der Waals surface area contributed by atoms with Crippen molar-refractivity contribution in [2.24, 2.45) is 11.8 Å². The standard InChI is InChI=1S/C24H30O7/c1-25-12-16-8-15-11-21-23(22(29-5)18(15)9-17(16)13-26-2)31-24(30-21)14-6-7-19(27-3)20(10-14)28-4/h6-7,10-11,16-17,24H,8-9,12-13H2,1-5H3.